The van der Waals surface area contributed by atoms with Gasteiger partial charge in [-0.05, 0) is 6.42 Å². The summed E-state index contributed by atoms with van der Waals surface area (Å²) >= 11 is 0. The normalized spacial score (nSPS) is 13.6. The van der Waals surface area contributed by atoms with E-state index in [-0.39, 0.29) is 6.04 Å². The van der Waals surface area contributed by atoms with E-state index >= 15 is 0 Å². The van der Waals surface area contributed by atoms with Crippen LogP contribution in [-0.4, -0.2) is 11.9 Å². The van der Waals surface area contributed by atoms with Gasteiger partial charge in [0.1, 0.15) is 0 Å². The van der Waals surface area contributed by atoms with Crippen LogP contribution < -0.4 is 11.5 Å². The number of allylic oxidation sites excluding steroid dienone is 1. The van der Waals surface area contributed by atoms with Crippen molar-refractivity contribution in [3.05, 3.63) is 37.0 Å². The van der Waals surface area contributed by atoms with Crippen molar-refractivity contribution in [1.29, 1.82) is 0 Å². The second kappa shape index (κ2) is 5.32. The second-order valence-corrected chi connectivity index (χ2v) is 2.36. The number of carbonyl (C=O) groups excluding carboxylic acids is 1. The van der Waals surface area contributed by atoms with Crippen molar-refractivity contribution in [3.8, 4) is 0 Å². The van der Waals surface area contributed by atoms with Crippen LogP contribution in [0.1, 0.15) is 6.42 Å². The van der Waals surface area contributed by atoms with Crippen LogP contribution in [0.4, 0.5) is 0 Å². The third-order valence-corrected chi connectivity index (χ3v) is 1.35. The predicted molar refractivity (Wildman–Crippen MR) is 50.3 cm³/mol. The first-order chi connectivity index (χ1) is 5.61. The highest BCUT2D eigenvalue weighted by Gasteiger charge is 2.03. The fourth-order valence-corrected chi connectivity index (χ4v) is 0.707. The van der Waals surface area contributed by atoms with Crippen LogP contribution in [0.5, 0.6) is 0 Å². The Morgan fingerprint density at radius 3 is 2.42 bits per heavy atom. The SMILES string of the molecule is C=CCC(=CC(N)C=C)C(N)=O. The van der Waals surface area contributed by atoms with Gasteiger partial charge in [0.05, 0.1) is 0 Å². The molecule has 0 saturated heterocycles. The van der Waals surface area contributed by atoms with Crippen LogP contribution in [0.25, 0.3) is 0 Å². The molecule has 0 bridgehead atoms. The lowest BCUT2D eigenvalue weighted by Crippen LogP contribution is -2.19. The maximum Gasteiger partial charge on any atom is 0.244 e. The minimum Gasteiger partial charge on any atom is -0.366 e. The van der Waals surface area contributed by atoms with Crippen molar-refractivity contribution in [2.75, 3.05) is 0 Å². The molecule has 3 nitrogen and oxygen atoms in total. The molecule has 0 aliphatic carbocycles. The quantitative estimate of drug-likeness (QED) is 0.461. The standard InChI is InChI=1S/C9H14N2O/c1-3-5-7(9(11)12)6-8(10)4-2/h3-4,6,8H,1-2,5,10H2,(H2,11,12). The van der Waals surface area contributed by atoms with E-state index in [1.165, 1.54) is 6.08 Å². The Morgan fingerprint density at radius 2 is 2.08 bits per heavy atom. The fourth-order valence-electron chi connectivity index (χ4n) is 0.707. The molecule has 0 aromatic rings. The first-order valence-electron chi connectivity index (χ1n) is 3.61. The topological polar surface area (TPSA) is 69.1 Å². The summed E-state index contributed by atoms with van der Waals surface area (Å²) < 4.78 is 0. The van der Waals surface area contributed by atoms with Crippen molar-refractivity contribution in [2.24, 2.45) is 11.5 Å². The van der Waals surface area contributed by atoms with Gasteiger partial charge in [-0.15, -0.1) is 13.2 Å². The fraction of sp³-hybridized carbons (Fsp3) is 0.222. The minimum absolute atomic E-state index is 0.326. The third kappa shape index (κ3) is 3.73. The molecular formula is C9H14N2O. The van der Waals surface area contributed by atoms with E-state index in [1.807, 2.05) is 0 Å². The molecule has 12 heavy (non-hydrogen) atoms. The molecule has 0 rings (SSSR count). The van der Waals surface area contributed by atoms with Crippen LogP contribution in [-0.2, 0) is 4.79 Å². The largest absolute Gasteiger partial charge is 0.366 e. The van der Waals surface area contributed by atoms with E-state index < -0.39 is 5.91 Å². The van der Waals surface area contributed by atoms with Gasteiger partial charge in [0.25, 0.3) is 0 Å². The van der Waals surface area contributed by atoms with Crippen molar-refractivity contribution in [2.45, 2.75) is 12.5 Å². The molecule has 0 aliphatic rings. The highest BCUT2D eigenvalue weighted by atomic mass is 16.1. The molecule has 66 valence electrons. The van der Waals surface area contributed by atoms with Crippen molar-refractivity contribution >= 4 is 5.91 Å². The minimum atomic E-state index is -0.466. The average molecular weight is 166 g/mol. The molecule has 0 aliphatic heterocycles. The molecule has 0 aromatic carbocycles. The Kier molecular flexibility index (Phi) is 4.72. The van der Waals surface area contributed by atoms with Crippen LogP contribution >= 0.6 is 0 Å². The first-order valence-corrected chi connectivity index (χ1v) is 3.61. The van der Waals surface area contributed by atoms with Crippen molar-refractivity contribution in [3.63, 3.8) is 0 Å². The van der Waals surface area contributed by atoms with E-state index in [4.69, 9.17) is 11.5 Å². The molecule has 0 spiro atoms. The maximum absolute atomic E-state index is 10.8. The van der Waals surface area contributed by atoms with Gasteiger partial charge in [-0.3, -0.25) is 4.79 Å². The van der Waals surface area contributed by atoms with Gasteiger partial charge in [-0.1, -0.05) is 18.2 Å². The molecular weight excluding hydrogens is 152 g/mol. The van der Waals surface area contributed by atoms with Gasteiger partial charge in [0, 0.05) is 11.6 Å². The predicted octanol–water partition coefficient (Wildman–Crippen LogP) is 0.487. The summed E-state index contributed by atoms with van der Waals surface area (Å²) in [6.45, 7) is 6.99. The van der Waals surface area contributed by atoms with Gasteiger partial charge in [0.2, 0.25) is 5.91 Å². The molecule has 1 unspecified atom stereocenters. The molecule has 1 atom stereocenters. The zero-order valence-electron chi connectivity index (χ0n) is 6.99. The van der Waals surface area contributed by atoms with Crippen LogP contribution in [0.15, 0.2) is 37.0 Å². The lowest BCUT2D eigenvalue weighted by atomic mass is 10.1. The van der Waals surface area contributed by atoms with Gasteiger partial charge >= 0.3 is 0 Å². The monoisotopic (exact) mass is 166 g/mol. The molecule has 4 N–H and O–H groups in total. The molecule has 3 heteroatoms. The van der Waals surface area contributed by atoms with E-state index in [1.54, 1.807) is 12.2 Å². The maximum atomic E-state index is 10.8. The lowest BCUT2D eigenvalue weighted by Gasteiger charge is -2.02. The molecule has 1 amide bonds. The highest BCUT2D eigenvalue weighted by Crippen LogP contribution is 2.02. The van der Waals surface area contributed by atoms with Crippen LogP contribution in [0.3, 0.4) is 0 Å². The zero-order valence-corrected chi connectivity index (χ0v) is 6.99. The Bertz CT molecular complexity index is 219. The van der Waals surface area contributed by atoms with E-state index in [0.29, 0.717) is 12.0 Å². The Hall–Kier alpha value is -1.35. The molecule has 0 heterocycles. The number of carbonyl (C=O) groups is 1. The molecule has 0 aromatic heterocycles. The Balaban J connectivity index is 4.47. The summed E-state index contributed by atoms with van der Waals surface area (Å²) in [7, 11) is 0. The first kappa shape index (κ1) is 10.7. The third-order valence-electron chi connectivity index (χ3n) is 1.35. The Morgan fingerprint density at radius 1 is 1.50 bits per heavy atom. The number of rotatable bonds is 5. The van der Waals surface area contributed by atoms with E-state index in [9.17, 15) is 4.79 Å². The van der Waals surface area contributed by atoms with Crippen molar-refractivity contribution in [1.82, 2.24) is 0 Å². The van der Waals surface area contributed by atoms with Gasteiger partial charge in [0.15, 0.2) is 0 Å². The summed E-state index contributed by atoms with van der Waals surface area (Å²) in [6, 6.07) is -0.326. The van der Waals surface area contributed by atoms with Crippen molar-refractivity contribution < 1.29 is 4.79 Å². The molecule has 0 saturated carbocycles. The molecule has 0 fully saturated rings. The number of primary amides is 1. The van der Waals surface area contributed by atoms with Crippen LogP contribution in [0.2, 0.25) is 0 Å². The lowest BCUT2D eigenvalue weighted by molar-refractivity contribution is -0.114. The Labute approximate surface area is 72.4 Å². The summed E-state index contributed by atoms with van der Waals surface area (Å²) in [5.41, 5.74) is 11.1. The van der Waals surface area contributed by atoms with Gasteiger partial charge in [-0.25, -0.2) is 0 Å². The van der Waals surface area contributed by atoms with E-state index in [2.05, 4.69) is 13.2 Å². The zero-order chi connectivity index (χ0) is 9.56. The van der Waals surface area contributed by atoms with Gasteiger partial charge in [-0.2, -0.15) is 0 Å². The summed E-state index contributed by atoms with van der Waals surface area (Å²) in [5, 5.41) is 0. The number of amides is 1. The molecule has 0 radical (unpaired) electrons. The number of hydrogen-bond donors (Lipinski definition) is 2. The highest BCUT2D eigenvalue weighted by molar-refractivity contribution is 5.92. The number of nitrogens with two attached hydrogens (primary N) is 2. The van der Waals surface area contributed by atoms with Gasteiger partial charge < -0.3 is 11.5 Å². The van der Waals surface area contributed by atoms with Crippen LogP contribution in [0, 0.1) is 0 Å². The second-order valence-electron chi connectivity index (χ2n) is 2.36. The van der Waals surface area contributed by atoms with E-state index in [0.717, 1.165) is 0 Å². The summed E-state index contributed by atoms with van der Waals surface area (Å²) in [5.74, 6) is -0.466. The summed E-state index contributed by atoms with van der Waals surface area (Å²) in [4.78, 5) is 10.8. The average Bonchev–Trinajstić information content (AvgIpc) is 2.03. The number of hydrogen-bond acceptors (Lipinski definition) is 2. The summed E-state index contributed by atoms with van der Waals surface area (Å²) in [6.07, 6.45) is 5.16. The smallest absolute Gasteiger partial charge is 0.244 e.